The number of hydrogen-bond donors (Lipinski definition) is 3. The van der Waals surface area contributed by atoms with Crippen LogP contribution in [0.2, 0.25) is 5.02 Å². The predicted octanol–water partition coefficient (Wildman–Crippen LogP) is 2.05. The van der Waals surface area contributed by atoms with E-state index in [1.165, 1.54) is 0 Å². The molecule has 0 spiro atoms. The molecule has 0 saturated carbocycles. The first-order valence-corrected chi connectivity index (χ1v) is 7.09. The highest BCUT2D eigenvalue weighted by Crippen LogP contribution is 2.20. The van der Waals surface area contributed by atoms with Crippen molar-refractivity contribution in [3.63, 3.8) is 0 Å². The number of carbonyl (C=O) groups excluding carboxylic acids is 2. The minimum Gasteiger partial charge on any atom is -0.344 e. The Hall–Kier alpha value is -2.37. The molecule has 0 aliphatic heterocycles. The second kappa shape index (κ2) is 7.59. The fourth-order valence-corrected chi connectivity index (χ4v) is 2.05. The molecule has 0 fully saturated rings. The Bertz CT molecular complexity index is 689. The molecule has 0 bridgehead atoms. The molecule has 2 aromatic rings. The van der Waals surface area contributed by atoms with Gasteiger partial charge in [-0.2, -0.15) is 0 Å². The maximum absolute atomic E-state index is 11.8. The number of anilines is 1. The standard InChI is InChI=1S/C16H16ClN3O2/c17-13-6-1-2-7-14(13)20-16(22)15(21)19-10-12-5-3-4-11(8-12)9-18/h1-8H,9-10,18H2,(H,19,21)(H,20,22). The van der Waals surface area contributed by atoms with E-state index in [1.807, 2.05) is 24.3 Å². The maximum atomic E-state index is 11.8. The molecule has 2 amide bonds. The zero-order valence-electron chi connectivity index (χ0n) is 11.8. The second-order valence-electron chi connectivity index (χ2n) is 4.64. The van der Waals surface area contributed by atoms with Gasteiger partial charge in [0, 0.05) is 13.1 Å². The summed E-state index contributed by atoms with van der Waals surface area (Å²) in [5, 5.41) is 5.40. The smallest absolute Gasteiger partial charge is 0.313 e. The Kier molecular flexibility index (Phi) is 5.52. The normalized spacial score (nSPS) is 10.1. The summed E-state index contributed by atoms with van der Waals surface area (Å²) in [4.78, 5) is 23.6. The van der Waals surface area contributed by atoms with Crippen LogP contribution in [0.15, 0.2) is 48.5 Å². The lowest BCUT2D eigenvalue weighted by Crippen LogP contribution is -2.35. The van der Waals surface area contributed by atoms with Crippen molar-refractivity contribution in [1.82, 2.24) is 5.32 Å². The Morgan fingerprint density at radius 1 is 1.00 bits per heavy atom. The Morgan fingerprint density at radius 3 is 2.45 bits per heavy atom. The summed E-state index contributed by atoms with van der Waals surface area (Å²) in [6.07, 6.45) is 0. The number of amides is 2. The van der Waals surface area contributed by atoms with Crippen molar-refractivity contribution in [2.75, 3.05) is 5.32 Å². The number of carbonyl (C=O) groups is 2. The molecule has 0 radical (unpaired) electrons. The van der Waals surface area contributed by atoms with Crippen LogP contribution in [0.25, 0.3) is 0 Å². The Labute approximate surface area is 133 Å². The van der Waals surface area contributed by atoms with Crippen molar-refractivity contribution < 1.29 is 9.59 Å². The first-order chi connectivity index (χ1) is 10.6. The SMILES string of the molecule is NCc1cccc(CNC(=O)C(=O)Nc2ccccc2Cl)c1. The topological polar surface area (TPSA) is 84.2 Å². The number of halogens is 1. The van der Waals surface area contributed by atoms with Gasteiger partial charge in [0.2, 0.25) is 0 Å². The third-order valence-corrected chi connectivity index (χ3v) is 3.34. The predicted molar refractivity (Wildman–Crippen MR) is 86.3 cm³/mol. The molecule has 0 aromatic heterocycles. The summed E-state index contributed by atoms with van der Waals surface area (Å²) in [7, 11) is 0. The molecule has 2 rings (SSSR count). The average molecular weight is 318 g/mol. The van der Waals surface area contributed by atoms with Crippen LogP contribution < -0.4 is 16.4 Å². The van der Waals surface area contributed by atoms with Crippen molar-refractivity contribution >= 4 is 29.1 Å². The van der Waals surface area contributed by atoms with Crippen LogP contribution >= 0.6 is 11.6 Å². The highest BCUT2D eigenvalue weighted by atomic mass is 35.5. The van der Waals surface area contributed by atoms with E-state index in [2.05, 4.69) is 10.6 Å². The molecule has 0 atom stereocenters. The highest BCUT2D eigenvalue weighted by molar-refractivity contribution is 6.41. The van der Waals surface area contributed by atoms with Gasteiger partial charge in [0.25, 0.3) is 0 Å². The molecule has 114 valence electrons. The summed E-state index contributed by atoms with van der Waals surface area (Å²) >= 11 is 5.92. The van der Waals surface area contributed by atoms with E-state index in [9.17, 15) is 9.59 Å². The average Bonchev–Trinajstić information content (AvgIpc) is 2.54. The number of para-hydroxylation sites is 1. The second-order valence-corrected chi connectivity index (χ2v) is 5.05. The van der Waals surface area contributed by atoms with Crippen LogP contribution in [-0.2, 0) is 22.7 Å². The third kappa shape index (κ3) is 4.31. The van der Waals surface area contributed by atoms with Crippen LogP contribution in [0.3, 0.4) is 0 Å². The lowest BCUT2D eigenvalue weighted by Gasteiger charge is -2.08. The fraction of sp³-hybridized carbons (Fsp3) is 0.125. The van der Waals surface area contributed by atoms with Gasteiger partial charge in [-0.1, -0.05) is 48.0 Å². The zero-order valence-corrected chi connectivity index (χ0v) is 12.6. The fourth-order valence-electron chi connectivity index (χ4n) is 1.87. The van der Waals surface area contributed by atoms with Gasteiger partial charge in [0.15, 0.2) is 0 Å². The van der Waals surface area contributed by atoms with Crippen molar-refractivity contribution in [3.05, 3.63) is 64.7 Å². The molecular formula is C16H16ClN3O2. The third-order valence-electron chi connectivity index (χ3n) is 3.01. The first kappa shape index (κ1) is 16.0. The quantitative estimate of drug-likeness (QED) is 0.755. The van der Waals surface area contributed by atoms with E-state index in [1.54, 1.807) is 24.3 Å². The van der Waals surface area contributed by atoms with E-state index in [-0.39, 0.29) is 6.54 Å². The lowest BCUT2D eigenvalue weighted by molar-refractivity contribution is -0.136. The van der Waals surface area contributed by atoms with Crippen LogP contribution in [0, 0.1) is 0 Å². The van der Waals surface area contributed by atoms with Gasteiger partial charge in [0.1, 0.15) is 0 Å². The number of nitrogens with one attached hydrogen (secondary N) is 2. The monoisotopic (exact) mass is 317 g/mol. The summed E-state index contributed by atoms with van der Waals surface area (Å²) < 4.78 is 0. The lowest BCUT2D eigenvalue weighted by atomic mass is 10.1. The maximum Gasteiger partial charge on any atom is 0.313 e. The van der Waals surface area contributed by atoms with E-state index >= 15 is 0 Å². The van der Waals surface area contributed by atoms with Crippen LogP contribution in [0.1, 0.15) is 11.1 Å². The van der Waals surface area contributed by atoms with E-state index < -0.39 is 11.8 Å². The summed E-state index contributed by atoms with van der Waals surface area (Å²) in [6, 6.07) is 14.2. The van der Waals surface area contributed by atoms with Gasteiger partial charge in [0.05, 0.1) is 10.7 Å². The molecule has 2 aromatic carbocycles. The molecule has 0 heterocycles. The molecule has 4 N–H and O–H groups in total. The van der Waals surface area contributed by atoms with E-state index in [0.29, 0.717) is 17.3 Å². The molecule has 5 nitrogen and oxygen atoms in total. The highest BCUT2D eigenvalue weighted by Gasteiger charge is 2.14. The number of hydrogen-bond acceptors (Lipinski definition) is 3. The minimum absolute atomic E-state index is 0.253. The molecule has 6 heteroatoms. The van der Waals surface area contributed by atoms with Crippen molar-refractivity contribution in [2.24, 2.45) is 5.73 Å². The van der Waals surface area contributed by atoms with Gasteiger partial charge >= 0.3 is 11.8 Å². The summed E-state index contributed by atoms with van der Waals surface area (Å²) in [6.45, 7) is 0.678. The first-order valence-electron chi connectivity index (χ1n) is 6.71. The molecule has 22 heavy (non-hydrogen) atoms. The van der Waals surface area contributed by atoms with Crippen molar-refractivity contribution in [3.8, 4) is 0 Å². The van der Waals surface area contributed by atoms with Crippen LogP contribution in [0.5, 0.6) is 0 Å². The van der Waals surface area contributed by atoms with Crippen LogP contribution in [-0.4, -0.2) is 11.8 Å². The number of nitrogens with two attached hydrogens (primary N) is 1. The Morgan fingerprint density at radius 2 is 1.73 bits per heavy atom. The minimum atomic E-state index is -0.761. The molecular weight excluding hydrogens is 302 g/mol. The number of rotatable bonds is 4. The van der Waals surface area contributed by atoms with Gasteiger partial charge in [-0.25, -0.2) is 0 Å². The molecule has 0 aliphatic rings. The number of benzene rings is 2. The summed E-state index contributed by atoms with van der Waals surface area (Å²) in [5.41, 5.74) is 7.80. The van der Waals surface area contributed by atoms with Crippen molar-refractivity contribution in [1.29, 1.82) is 0 Å². The summed E-state index contributed by atoms with van der Waals surface area (Å²) in [5.74, 6) is -1.49. The molecule has 0 aliphatic carbocycles. The van der Waals surface area contributed by atoms with Gasteiger partial charge < -0.3 is 16.4 Å². The van der Waals surface area contributed by atoms with Gasteiger partial charge in [-0.15, -0.1) is 0 Å². The largest absolute Gasteiger partial charge is 0.344 e. The van der Waals surface area contributed by atoms with Gasteiger partial charge in [-0.05, 0) is 23.3 Å². The van der Waals surface area contributed by atoms with Crippen molar-refractivity contribution in [2.45, 2.75) is 13.1 Å². The Balaban J connectivity index is 1.91. The molecule has 0 unspecified atom stereocenters. The van der Waals surface area contributed by atoms with Gasteiger partial charge in [-0.3, -0.25) is 9.59 Å². The van der Waals surface area contributed by atoms with E-state index in [4.69, 9.17) is 17.3 Å². The molecule has 0 saturated heterocycles. The van der Waals surface area contributed by atoms with Crippen LogP contribution in [0.4, 0.5) is 5.69 Å². The zero-order chi connectivity index (χ0) is 15.9. The van der Waals surface area contributed by atoms with E-state index in [0.717, 1.165) is 11.1 Å².